The number of aromatic nitrogens is 1. The average molecular weight is 334 g/mol. The Labute approximate surface area is 129 Å². The Hall–Kier alpha value is -1.23. The third kappa shape index (κ3) is 3.66. The maximum atomic E-state index is 6.19. The van der Waals surface area contributed by atoms with Crippen LogP contribution in [0.2, 0.25) is 0 Å². The van der Waals surface area contributed by atoms with Gasteiger partial charge in [-0.2, -0.15) is 0 Å². The molecule has 4 heteroatoms. The predicted octanol–water partition coefficient (Wildman–Crippen LogP) is 3.36. The van der Waals surface area contributed by atoms with Crippen LogP contribution in [0, 0.1) is 0 Å². The van der Waals surface area contributed by atoms with Gasteiger partial charge in [-0.25, -0.2) is 0 Å². The fraction of sp³-hybridized carbons (Fsp3) is 0.312. The zero-order chi connectivity index (χ0) is 14.5. The molecule has 1 heterocycles. The van der Waals surface area contributed by atoms with Crippen molar-refractivity contribution in [3.63, 3.8) is 0 Å². The van der Waals surface area contributed by atoms with Crippen LogP contribution in [-0.4, -0.2) is 23.0 Å². The molecule has 0 saturated heterocycles. The molecule has 0 bridgehead atoms. The monoisotopic (exact) mass is 333 g/mol. The molecular formula is C16H20BrN3. The van der Waals surface area contributed by atoms with Gasteiger partial charge in [-0.15, -0.1) is 0 Å². The first-order valence-electron chi connectivity index (χ1n) is 6.68. The Morgan fingerprint density at radius 3 is 2.45 bits per heavy atom. The van der Waals surface area contributed by atoms with Crippen LogP contribution in [-0.2, 0) is 6.54 Å². The summed E-state index contributed by atoms with van der Waals surface area (Å²) in [6.45, 7) is 2.89. The van der Waals surface area contributed by atoms with Crippen LogP contribution in [0.5, 0.6) is 0 Å². The van der Waals surface area contributed by atoms with Crippen molar-refractivity contribution in [2.75, 3.05) is 7.05 Å². The quantitative estimate of drug-likeness (QED) is 0.912. The van der Waals surface area contributed by atoms with Crippen molar-refractivity contribution >= 4 is 15.9 Å². The maximum Gasteiger partial charge on any atom is 0.0498 e. The number of benzene rings is 1. The second kappa shape index (κ2) is 6.97. The molecule has 0 aliphatic carbocycles. The van der Waals surface area contributed by atoms with Crippen LogP contribution in [0.1, 0.15) is 24.1 Å². The number of hydrogen-bond acceptors (Lipinski definition) is 3. The first kappa shape index (κ1) is 15.2. The van der Waals surface area contributed by atoms with Gasteiger partial charge >= 0.3 is 0 Å². The van der Waals surface area contributed by atoms with Crippen molar-refractivity contribution < 1.29 is 0 Å². The molecule has 0 amide bonds. The van der Waals surface area contributed by atoms with Gasteiger partial charge in [0.25, 0.3) is 0 Å². The fourth-order valence-corrected chi connectivity index (χ4v) is 2.92. The van der Waals surface area contributed by atoms with Gasteiger partial charge in [0.2, 0.25) is 0 Å². The van der Waals surface area contributed by atoms with Gasteiger partial charge < -0.3 is 5.73 Å². The van der Waals surface area contributed by atoms with Gasteiger partial charge in [-0.1, -0.05) is 34.1 Å². The lowest BCUT2D eigenvalue weighted by Gasteiger charge is -2.31. The Kier molecular flexibility index (Phi) is 5.29. The van der Waals surface area contributed by atoms with Crippen LogP contribution in [0.15, 0.2) is 53.3 Å². The smallest absolute Gasteiger partial charge is 0.0498 e. The number of likely N-dealkylation sites (N-methyl/N-ethyl adjacent to an activating group) is 1. The van der Waals surface area contributed by atoms with Gasteiger partial charge in [0.05, 0.1) is 0 Å². The summed E-state index contributed by atoms with van der Waals surface area (Å²) in [5, 5.41) is 0. The van der Waals surface area contributed by atoms with E-state index in [0.717, 1.165) is 11.0 Å². The molecule has 0 fully saturated rings. The molecule has 2 atom stereocenters. The van der Waals surface area contributed by atoms with E-state index in [9.17, 15) is 0 Å². The molecule has 0 saturated carbocycles. The maximum absolute atomic E-state index is 6.19. The first-order chi connectivity index (χ1) is 9.59. The van der Waals surface area contributed by atoms with Crippen molar-refractivity contribution in [3.8, 4) is 0 Å². The minimum absolute atomic E-state index is 0.0462. The lowest BCUT2D eigenvalue weighted by Crippen LogP contribution is -2.37. The molecule has 1 aromatic carbocycles. The molecular weight excluding hydrogens is 314 g/mol. The molecule has 3 nitrogen and oxygen atoms in total. The minimum atomic E-state index is 0.0462. The summed E-state index contributed by atoms with van der Waals surface area (Å²) in [6, 6.07) is 12.6. The van der Waals surface area contributed by atoms with E-state index in [2.05, 4.69) is 51.1 Å². The molecule has 1 aromatic heterocycles. The lowest BCUT2D eigenvalue weighted by atomic mass is 10.00. The Bertz CT molecular complexity index is 542. The van der Waals surface area contributed by atoms with Crippen LogP contribution in [0.4, 0.5) is 0 Å². The summed E-state index contributed by atoms with van der Waals surface area (Å²) in [4.78, 5) is 6.36. The largest absolute Gasteiger partial charge is 0.326 e. The summed E-state index contributed by atoms with van der Waals surface area (Å²) in [7, 11) is 2.11. The van der Waals surface area contributed by atoms with E-state index in [1.807, 2.05) is 37.5 Å². The number of rotatable bonds is 5. The van der Waals surface area contributed by atoms with E-state index < -0.39 is 0 Å². The highest BCUT2D eigenvalue weighted by atomic mass is 79.9. The van der Waals surface area contributed by atoms with Crippen LogP contribution in [0.3, 0.4) is 0 Å². The van der Waals surface area contributed by atoms with Crippen LogP contribution in [0.25, 0.3) is 0 Å². The van der Waals surface area contributed by atoms with Gasteiger partial charge in [0, 0.05) is 35.5 Å². The number of halogens is 1. The Morgan fingerprint density at radius 2 is 1.85 bits per heavy atom. The number of nitrogens with two attached hydrogens (primary N) is 1. The van der Waals surface area contributed by atoms with Gasteiger partial charge in [0.15, 0.2) is 0 Å². The minimum Gasteiger partial charge on any atom is -0.326 e. The third-order valence-electron chi connectivity index (χ3n) is 3.40. The molecule has 106 valence electrons. The van der Waals surface area contributed by atoms with Crippen molar-refractivity contribution in [1.29, 1.82) is 0 Å². The predicted molar refractivity (Wildman–Crippen MR) is 86.2 cm³/mol. The molecule has 0 aliphatic heterocycles. The number of hydrogen-bond donors (Lipinski definition) is 1. The summed E-state index contributed by atoms with van der Waals surface area (Å²) < 4.78 is 1.13. The van der Waals surface area contributed by atoms with Crippen LogP contribution >= 0.6 is 15.9 Å². The van der Waals surface area contributed by atoms with E-state index >= 15 is 0 Å². The molecule has 0 aliphatic rings. The first-order valence-corrected chi connectivity index (χ1v) is 7.48. The number of nitrogens with zero attached hydrogens (tertiary/aromatic N) is 2. The van der Waals surface area contributed by atoms with Crippen molar-refractivity contribution in [1.82, 2.24) is 9.88 Å². The highest BCUT2D eigenvalue weighted by Crippen LogP contribution is 2.25. The standard InChI is InChI=1S/C16H20BrN3/c1-12(18)16(13-7-9-19-10-8-13)20(2)11-14-5-3-4-6-15(14)17/h3-10,12,16H,11,18H2,1-2H3. The van der Waals surface area contributed by atoms with Crippen molar-refractivity contribution in [3.05, 3.63) is 64.4 Å². The summed E-state index contributed by atoms with van der Waals surface area (Å²) >= 11 is 3.60. The second-order valence-electron chi connectivity index (χ2n) is 5.09. The summed E-state index contributed by atoms with van der Waals surface area (Å²) in [5.74, 6) is 0. The highest BCUT2D eigenvalue weighted by Gasteiger charge is 2.21. The van der Waals surface area contributed by atoms with Crippen LogP contribution < -0.4 is 5.73 Å². The SMILES string of the molecule is CC(N)C(c1ccncc1)N(C)Cc1ccccc1Br. The van der Waals surface area contributed by atoms with Gasteiger partial charge in [0.1, 0.15) is 0 Å². The van der Waals surface area contributed by atoms with E-state index in [0.29, 0.717) is 0 Å². The lowest BCUT2D eigenvalue weighted by molar-refractivity contribution is 0.210. The normalized spacial score (nSPS) is 14.2. The molecule has 0 spiro atoms. The van der Waals surface area contributed by atoms with Gasteiger partial charge in [-0.05, 0) is 43.3 Å². The second-order valence-corrected chi connectivity index (χ2v) is 5.95. The summed E-state index contributed by atoms with van der Waals surface area (Å²) in [5.41, 5.74) is 8.65. The molecule has 0 radical (unpaired) electrons. The number of pyridine rings is 1. The third-order valence-corrected chi connectivity index (χ3v) is 4.17. The Balaban J connectivity index is 2.20. The average Bonchev–Trinajstić information content (AvgIpc) is 2.42. The fourth-order valence-electron chi connectivity index (χ4n) is 2.51. The van der Waals surface area contributed by atoms with Gasteiger partial charge in [-0.3, -0.25) is 9.88 Å². The zero-order valence-electron chi connectivity index (χ0n) is 11.8. The van der Waals surface area contributed by atoms with E-state index in [1.165, 1.54) is 11.1 Å². The molecule has 2 unspecified atom stereocenters. The topological polar surface area (TPSA) is 42.1 Å². The Morgan fingerprint density at radius 1 is 1.20 bits per heavy atom. The van der Waals surface area contributed by atoms with Crippen molar-refractivity contribution in [2.45, 2.75) is 25.6 Å². The zero-order valence-corrected chi connectivity index (χ0v) is 13.4. The van der Waals surface area contributed by atoms with Crippen molar-refractivity contribution in [2.24, 2.45) is 5.73 Å². The van der Waals surface area contributed by atoms with E-state index in [1.54, 1.807) is 0 Å². The summed E-state index contributed by atoms with van der Waals surface area (Å²) in [6.07, 6.45) is 3.63. The van der Waals surface area contributed by atoms with E-state index in [-0.39, 0.29) is 12.1 Å². The highest BCUT2D eigenvalue weighted by molar-refractivity contribution is 9.10. The molecule has 2 aromatic rings. The van der Waals surface area contributed by atoms with E-state index in [4.69, 9.17) is 5.73 Å². The molecule has 20 heavy (non-hydrogen) atoms. The molecule has 2 N–H and O–H groups in total. The molecule has 2 rings (SSSR count).